The third-order valence-corrected chi connectivity index (χ3v) is 5.20. The quantitative estimate of drug-likeness (QED) is 0.846. The van der Waals surface area contributed by atoms with Gasteiger partial charge in [0.25, 0.3) is 0 Å². The minimum atomic E-state index is 0. The van der Waals surface area contributed by atoms with Crippen molar-refractivity contribution in [3.8, 4) is 11.6 Å². The zero-order valence-corrected chi connectivity index (χ0v) is 15.5. The van der Waals surface area contributed by atoms with Crippen LogP contribution >= 0.6 is 24.0 Å². The molecule has 0 saturated carbocycles. The molecule has 134 valence electrons. The maximum Gasteiger partial charge on any atom is 0.219 e. The van der Waals surface area contributed by atoms with Gasteiger partial charge < -0.3 is 14.8 Å². The predicted molar refractivity (Wildman–Crippen MR) is 101 cm³/mol. The lowest BCUT2D eigenvalue weighted by Crippen LogP contribution is -2.41. The van der Waals surface area contributed by atoms with Gasteiger partial charge in [-0.3, -0.25) is 0 Å². The number of ether oxygens (including phenoxy) is 2. The molecule has 0 unspecified atom stereocenters. The van der Waals surface area contributed by atoms with Gasteiger partial charge in [0.05, 0.1) is 17.2 Å². The zero-order valence-electron chi connectivity index (χ0n) is 13.9. The fourth-order valence-corrected chi connectivity index (χ4v) is 3.78. The normalized spacial score (nSPS) is 21.7. The molecule has 3 heterocycles. The molecule has 2 aromatic rings. The third-order valence-electron chi connectivity index (χ3n) is 4.98. The monoisotopic (exact) mass is 380 g/mol. The summed E-state index contributed by atoms with van der Waals surface area (Å²) in [5, 5.41) is 4.02. The lowest BCUT2D eigenvalue weighted by atomic mass is 9.84. The van der Waals surface area contributed by atoms with Gasteiger partial charge in [0.15, 0.2) is 0 Å². The molecule has 4 rings (SSSR count). The minimum Gasteiger partial charge on any atom is -0.439 e. The van der Waals surface area contributed by atoms with Crippen LogP contribution in [0.3, 0.4) is 0 Å². The summed E-state index contributed by atoms with van der Waals surface area (Å²) in [4.78, 5) is 4.18. The largest absolute Gasteiger partial charge is 0.439 e. The highest BCUT2D eigenvalue weighted by atomic mass is 35.5. The Morgan fingerprint density at radius 2 is 2.04 bits per heavy atom. The van der Waals surface area contributed by atoms with Crippen molar-refractivity contribution in [2.45, 2.75) is 30.8 Å². The molecule has 0 aliphatic carbocycles. The second kappa shape index (κ2) is 7.92. The van der Waals surface area contributed by atoms with Crippen LogP contribution < -0.4 is 10.1 Å². The second-order valence-corrected chi connectivity index (χ2v) is 7.07. The highest BCUT2D eigenvalue weighted by molar-refractivity contribution is 6.30. The summed E-state index contributed by atoms with van der Waals surface area (Å²) in [5.74, 6) is 1.78. The Hall–Kier alpha value is -1.33. The molecule has 4 nitrogen and oxygen atoms in total. The summed E-state index contributed by atoms with van der Waals surface area (Å²) in [6.07, 6.45) is 4.90. The van der Waals surface area contributed by atoms with Crippen LogP contribution in [0.25, 0.3) is 0 Å². The average molecular weight is 381 g/mol. The van der Waals surface area contributed by atoms with Gasteiger partial charge in [-0.2, -0.15) is 0 Å². The number of benzene rings is 1. The van der Waals surface area contributed by atoms with E-state index in [1.165, 1.54) is 5.56 Å². The van der Waals surface area contributed by atoms with Crippen molar-refractivity contribution in [2.75, 3.05) is 19.7 Å². The number of halogens is 2. The van der Waals surface area contributed by atoms with Gasteiger partial charge in [-0.25, -0.2) is 4.98 Å². The second-order valence-electron chi connectivity index (χ2n) is 6.63. The molecule has 6 heteroatoms. The minimum absolute atomic E-state index is 0. The molecule has 0 amide bonds. The van der Waals surface area contributed by atoms with Gasteiger partial charge in [0.2, 0.25) is 5.88 Å². The first kappa shape index (κ1) is 18.5. The van der Waals surface area contributed by atoms with Crippen molar-refractivity contribution in [2.24, 2.45) is 0 Å². The van der Waals surface area contributed by atoms with E-state index in [-0.39, 0.29) is 18.0 Å². The van der Waals surface area contributed by atoms with E-state index >= 15 is 0 Å². The molecule has 1 N–H and O–H groups in total. The van der Waals surface area contributed by atoms with E-state index in [2.05, 4.69) is 22.4 Å². The van der Waals surface area contributed by atoms with E-state index in [4.69, 9.17) is 21.1 Å². The van der Waals surface area contributed by atoms with Crippen molar-refractivity contribution in [1.82, 2.24) is 10.3 Å². The Balaban J connectivity index is 0.00000182. The van der Waals surface area contributed by atoms with E-state index in [9.17, 15) is 0 Å². The number of pyridine rings is 1. The Bertz CT molecular complexity index is 703. The number of hydrogen-bond acceptors (Lipinski definition) is 4. The van der Waals surface area contributed by atoms with E-state index in [0.717, 1.165) is 44.7 Å². The fourth-order valence-electron chi connectivity index (χ4n) is 3.66. The fraction of sp³-hybridized carbons (Fsp3) is 0.421. The summed E-state index contributed by atoms with van der Waals surface area (Å²) < 4.78 is 12.1. The lowest BCUT2D eigenvalue weighted by molar-refractivity contribution is -0.0193. The van der Waals surface area contributed by atoms with Crippen LogP contribution in [0.2, 0.25) is 5.02 Å². The van der Waals surface area contributed by atoms with Crippen LogP contribution in [0.5, 0.6) is 11.6 Å². The molecule has 2 aliphatic rings. The molecule has 2 fully saturated rings. The molecule has 25 heavy (non-hydrogen) atoms. The summed E-state index contributed by atoms with van der Waals surface area (Å²) >= 11 is 5.86. The number of nitrogens with zero attached hydrogens (tertiary/aromatic N) is 1. The van der Waals surface area contributed by atoms with E-state index in [1.807, 2.05) is 12.1 Å². The van der Waals surface area contributed by atoms with Crippen LogP contribution in [0.4, 0.5) is 0 Å². The number of piperidine rings is 1. The molecule has 1 spiro atoms. The van der Waals surface area contributed by atoms with Gasteiger partial charge in [0.1, 0.15) is 5.75 Å². The van der Waals surface area contributed by atoms with E-state index in [0.29, 0.717) is 16.8 Å². The standard InChI is InChI=1S/C19H21ClN2O2.ClH/c20-16-4-5-18(22-12-16)24-17-3-1-2-14(10-17)15-11-19(23-13-15)6-8-21-9-7-19;/h1-5,10,12,15,21H,6-9,11,13H2;1H/t15-;/m1./s1. The maximum absolute atomic E-state index is 6.21. The van der Waals surface area contributed by atoms with Crippen LogP contribution in [-0.4, -0.2) is 30.3 Å². The predicted octanol–water partition coefficient (Wildman–Crippen LogP) is 4.58. The SMILES string of the molecule is Cl.Clc1ccc(Oc2cccc([C@H]3COC4(CCNCC4)C3)c2)nc1. The lowest BCUT2D eigenvalue weighted by Gasteiger charge is -2.33. The number of hydrogen-bond donors (Lipinski definition) is 1. The summed E-state index contributed by atoms with van der Waals surface area (Å²) in [5.41, 5.74) is 1.35. The zero-order chi connectivity index (χ0) is 16.4. The van der Waals surface area contributed by atoms with Gasteiger partial charge in [-0.1, -0.05) is 23.7 Å². The van der Waals surface area contributed by atoms with E-state index in [1.54, 1.807) is 18.3 Å². The van der Waals surface area contributed by atoms with Crippen molar-refractivity contribution >= 4 is 24.0 Å². The smallest absolute Gasteiger partial charge is 0.219 e. The Labute approximate surface area is 159 Å². The molecular formula is C19H22Cl2N2O2. The van der Waals surface area contributed by atoms with Gasteiger partial charge in [0, 0.05) is 18.2 Å². The maximum atomic E-state index is 6.21. The molecule has 2 aliphatic heterocycles. The number of nitrogens with one attached hydrogen (secondary N) is 1. The van der Waals surface area contributed by atoms with Gasteiger partial charge >= 0.3 is 0 Å². The van der Waals surface area contributed by atoms with Gasteiger partial charge in [-0.15, -0.1) is 12.4 Å². The summed E-state index contributed by atoms with van der Waals surface area (Å²) in [7, 11) is 0. The highest BCUT2D eigenvalue weighted by Crippen LogP contribution is 2.42. The third kappa shape index (κ3) is 4.26. The number of aromatic nitrogens is 1. The Morgan fingerprint density at radius 1 is 1.20 bits per heavy atom. The van der Waals surface area contributed by atoms with Crippen LogP contribution in [0.1, 0.15) is 30.7 Å². The molecule has 1 aromatic carbocycles. The molecule has 2 saturated heterocycles. The molecular weight excluding hydrogens is 359 g/mol. The summed E-state index contributed by atoms with van der Waals surface area (Å²) in [6.45, 7) is 2.90. The van der Waals surface area contributed by atoms with Crippen molar-refractivity contribution in [3.63, 3.8) is 0 Å². The first-order valence-electron chi connectivity index (χ1n) is 8.47. The molecule has 0 bridgehead atoms. The Morgan fingerprint density at radius 3 is 2.80 bits per heavy atom. The summed E-state index contributed by atoms with van der Waals surface area (Å²) in [6, 6.07) is 11.8. The highest BCUT2D eigenvalue weighted by Gasteiger charge is 2.41. The van der Waals surface area contributed by atoms with E-state index < -0.39 is 0 Å². The Kier molecular flexibility index (Phi) is 5.85. The van der Waals surface area contributed by atoms with Crippen LogP contribution in [0.15, 0.2) is 42.6 Å². The first-order valence-corrected chi connectivity index (χ1v) is 8.84. The van der Waals surface area contributed by atoms with Crippen LogP contribution in [-0.2, 0) is 4.74 Å². The van der Waals surface area contributed by atoms with Gasteiger partial charge in [-0.05, 0) is 56.1 Å². The molecule has 1 aromatic heterocycles. The first-order chi connectivity index (χ1) is 11.7. The molecule has 0 radical (unpaired) electrons. The average Bonchev–Trinajstić information content (AvgIpc) is 3.01. The molecule has 1 atom stereocenters. The number of rotatable bonds is 3. The topological polar surface area (TPSA) is 43.4 Å². The van der Waals surface area contributed by atoms with Crippen molar-refractivity contribution in [3.05, 3.63) is 53.2 Å². The van der Waals surface area contributed by atoms with Crippen LogP contribution in [0, 0.1) is 0 Å². The van der Waals surface area contributed by atoms with Crippen molar-refractivity contribution in [1.29, 1.82) is 0 Å². The van der Waals surface area contributed by atoms with Crippen molar-refractivity contribution < 1.29 is 9.47 Å².